The van der Waals surface area contributed by atoms with E-state index < -0.39 is 0 Å². The average Bonchev–Trinajstić information content (AvgIpc) is 2.74. The molecule has 1 unspecified atom stereocenters. The van der Waals surface area contributed by atoms with E-state index >= 15 is 0 Å². The third kappa shape index (κ3) is 6.84. The highest BCUT2D eigenvalue weighted by atomic mass is 127. The molecule has 5 nitrogen and oxygen atoms in total. The van der Waals surface area contributed by atoms with Crippen LogP contribution in [-0.4, -0.2) is 45.9 Å². The second-order valence-electron chi connectivity index (χ2n) is 7.51. The molecule has 164 valence electrons. The fourth-order valence-electron chi connectivity index (χ4n) is 3.47. The molecule has 1 fully saturated rings. The van der Waals surface area contributed by atoms with E-state index in [-0.39, 0.29) is 29.8 Å². The van der Waals surface area contributed by atoms with Crippen LogP contribution in [0, 0.1) is 12.7 Å². The molecule has 2 aromatic rings. The highest BCUT2D eigenvalue weighted by molar-refractivity contribution is 14.0. The number of rotatable bonds is 6. The zero-order valence-electron chi connectivity index (χ0n) is 18.0. The van der Waals surface area contributed by atoms with Crippen molar-refractivity contribution in [3.05, 3.63) is 65.0 Å². The van der Waals surface area contributed by atoms with E-state index in [2.05, 4.69) is 53.7 Å². The molecule has 1 aliphatic rings. The van der Waals surface area contributed by atoms with Gasteiger partial charge in [0.1, 0.15) is 5.82 Å². The first-order chi connectivity index (χ1) is 14.1. The molecule has 0 saturated carbocycles. The van der Waals surface area contributed by atoms with E-state index in [1.54, 1.807) is 13.1 Å². The van der Waals surface area contributed by atoms with E-state index in [9.17, 15) is 4.39 Å². The lowest BCUT2D eigenvalue weighted by Crippen LogP contribution is -2.38. The van der Waals surface area contributed by atoms with Crippen molar-refractivity contribution in [2.24, 2.45) is 4.99 Å². The number of aliphatic imine (C=N–C) groups is 1. The van der Waals surface area contributed by atoms with Gasteiger partial charge in [-0.05, 0) is 36.1 Å². The van der Waals surface area contributed by atoms with Crippen molar-refractivity contribution in [2.45, 2.75) is 26.3 Å². The lowest BCUT2D eigenvalue weighted by molar-refractivity contribution is 0.122. The van der Waals surface area contributed by atoms with Crippen molar-refractivity contribution in [1.82, 2.24) is 10.6 Å². The molecule has 0 bridgehead atoms. The molecule has 30 heavy (non-hydrogen) atoms. The van der Waals surface area contributed by atoms with Crippen LogP contribution in [0.15, 0.2) is 47.5 Å². The highest BCUT2D eigenvalue weighted by Gasteiger charge is 2.15. The van der Waals surface area contributed by atoms with Crippen LogP contribution < -0.4 is 15.5 Å². The van der Waals surface area contributed by atoms with Crippen LogP contribution in [0.3, 0.4) is 0 Å². The van der Waals surface area contributed by atoms with Gasteiger partial charge in [-0.15, -0.1) is 24.0 Å². The van der Waals surface area contributed by atoms with Crippen LogP contribution in [-0.2, 0) is 11.3 Å². The van der Waals surface area contributed by atoms with E-state index in [4.69, 9.17) is 4.74 Å². The van der Waals surface area contributed by atoms with Gasteiger partial charge in [-0.3, -0.25) is 4.99 Å². The van der Waals surface area contributed by atoms with Crippen LogP contribution in [0.1, 0.15) is 29.5 Å². The maximum absolute atomic E-state index is 14.6. The molecule has 0 aromatic heterocycles. The third-order valence-electron chi connectivity index (χ3n) is 5.23. The lowest BCUT2D eigenvalue weighted by Gasteiger charge is -2.29. The maximum atomic E-state index is 14.6. The summed E-state index contributed by atoms with van der Waals surface area (Å²) in [5.41, 5.74) is 4.09. The monoisotopic (exact) mass is 526 g/mol. The van der Waals surface area contributed by atoms with Crippen LogP contribution in [0.4, 0.5) is 10.1 Å². The predicted molar refractivity (Wildman–Crippen MR) is 133 cm³/mol. The Bertz CT molecular complexity index is 840. The van der Waals surface area contributed by atoms with E-state index in [1.165, 1.54) is 11.1 Å². The van der Waals surface area contributed by atoms with E-state index in [0.717, 1.165) is 25.2 Å². The summed E-state index contributed by atoms with van der Waals surface area (Å²) >= 11 is 0. The molecule has 3 rings (SSSR count). The smallest absolute Gasteiger partial charge is 0.191 e. The van der Waals surface area contributed by atoms with Crippen molar-refractivity contribution in [3.8, 4) is 0 Å². The summed E-state index contributed by atoms with van der Waals surface area (Å²) < 4.78 is 19.9. The molecule has 1 aliphatic heterocycles. The molecule has 1 atom stereocenters. The first-order valence-corrected chi connectivity index (χ1v) is 10.2. The minimum absolute atomic E-state index is 0. The van der Waals surface area contributed by atoms with Gasteiger partial charge in [-0.1, -0.05) is 42.8 Å². The summed E-state index contributed by atoms with van der Waals surface area (Å²) in [7, 11) is 1.74. The molecule has 7 heteroatoms. The van der Waals surface area contributed by atoms with Crippen LogP contribution >= 0.6 is 24.0 Å². The summed E-state index contributed by atoms with van der Waals surface area (Å²) in [6.07, 6.45) is 0. The summed E-state index contributed by atoms with van der Waals surface area (Å²) in [6, 6.07) is 14.0. The Kier molecular flexibility index (Phi) is 9.84. The molecule has 2 N–H and O–H groups in total. The minimum Gasteiger partial charge on any atom is -0.378 e. The quantitative estimate of drug-likeness (QED) is 0.339. The van der Waals surface area contributed by atoms with Gasteiger partial charge in [0.25, 0.3) is 0 Å². The number of anilines is 1. The normalized spacial score (nSPS) is 15.3. The Morgan fingerprint density at radius 1 is 1.17 bits per heavy atom. The molecule has 0 aliphatic carbocycles. The Morgan fingerprint density at radius 3 is 2.60 bits per heavy atom. The molecular formula is C23H32FIN4O. The van der Waals surface area contributed by atoms with Gasteiger partial charge in [0, 0.05) is 33.2 Å². The number of morpholine rings is 1. The fraction of sp³-hybridized carbons (Fsp3) is 0.435. The van der Waals surface area contributed by atoms with Crippen molar-refractivity contribution < 1.29 is 9.13 Å². The Hall–Kier alpha value is -1.87. The number of nitrogens with one attached hydrogen (secondary N) is 2. The number of guanidine groups is 1. The summed E-state index contributed by atoms with van der Waals surface area (Å²) in [4.78, 5) is 6.31. The van der Waals surface area contributed by atoms with Crippen molar-refractivity contribution >= 4 is 35.6 Å². The van der Waals surface area contributed by atoms with Gasteiger partial charge in [-0.25, -0.2) is 4.39 Å². The zero-order valence-corrected chi connectivity index (χ0v) is 20.3. The third-order valence-corrected chi connectivity index (χ3v) is 5.23. The van der Waals surface area contributed by atoms with Gasteiger partial charge < -0.3 is 20.3 Å². The largest absolute Gasteiger partial charge is 0.378 e. The number of nitrogens with zero attached hydrogens (tertiary/aromatic N) is 2. The Morgan fingerprint density at radius 2 is 1.93 bits per heavy atom. The SMILES string of the molecule is CN=C(NCc1ccc(N2CCOCC2)c(F)c1)NCC(C)c1cccc(C)c1.I. The van der Waals surface area contributed by atoms with E-state index in [1.807, 2.05) is 17.0 Å². The average molecular weight is 526 g/mol. The van der Waals surface area contributed by atoms with Gasteiger partial charge in [-0.2, -0.15) is 0 Å². The first kappa shape index (κ1) is 24.4. The zero-order chi connectivity index (χ0) is 20.6. The van der Waals surface area contributed by atoms with Crippen LogP contribution in [0.2, 0.25) is 0 Å². The van der Waals surface area contributed by atoms with Crippen molar-refractivity contribution in [3.63, 3.8) is 0 Å². The molecule has 0 amide bonds. The number of hydrogen-bond donors (Lipinski definition) is 2. The number of aryl methyl sites for hydroxylation is 1. The van der Waals surface area contributed by atoms with Gasteiger partial charge in [0.05, 0.1) is 18.9 Å². The number of hydrogen-bond acceptors (Lipinski definition) is 3. The first-order valence-electron chi connectivity index (χ1n) is 10.2. The molecule has 0 radical (unpaired) electrons. The Labute approximate surface area is 196 Å². The fourth-order valence-corrected chi connectivity index (χ4v) is 3.47. The lowest BCUT2D eigenvalue weighted by atomic mass is 9.99. The summed E-state index contributed by atoms with van der Waals surface area (Å²) in [5.74, 6) is 0.878. The van der Waals surface area contributed by atoms with Gasteiger partial charge in [0.15, 0.2) is 5.96 Å². The molecule has 1 heterocycles. The minimum atomic E-state index is -0.192. The predicted octanol–water partition coefficient (Wildman–Crippen LogP) is 4.06. The number of halogens is 2. The number of benzene rings is 2. The van der Waals surface area contributed by atoms with Crippen LogP contribution in [0.5, 0.6) is 0 Å². The van der Waals surface area contributed by atoms with Gasteiger partial charge in [0.2, 0.25) is 0 Å². The molecule has 0 spiro atoms. The second-order valence-corrected chi connectivity index (χ2v) is 7.51. The maximum Gasteiger partial charge on any atom is 0.191 e. The molecular weight excluding hydrogens is 494 g/mol. The van der Waals surface area contributed by atoms with Gasteiger partial charge >= 0.3 is 0 Å². The summed E-state index contributed by atoms with van der Waals surface area (Å²) in [6.45, 7) is 8.32. The van der Waals surface area contributed by atoms with E-state index in [0.29, 0.717) is 37.3 Å². The van der Waals surface area contributed by atoms with Crippen LogP contribution in [0.25, 0.3) is 0 Å². The standard InChI is InChI=1S/C23H31FN4O.HI/c1-17-5-4-6-20(13-17)18(2)15-26-23(25-3)27-16-19-7-8-22(21(24)14-19)28-9-11-29-12-10-28;/h4-8,13-14,18H,9-12,15-16H2,1-3H3,(H2,25,26,27);1H. The van der Waals surface area contributed by atoms with Crippen molar-refractivity contribution in [1.29, 1.82) is 0 Å². The topological polar surface area (TPSA) is 48.9 Å². The summed E-state index contributed by atoms with van der Waals surface area (Å²) in [5, 5.41) is 6.63. The highest BCUT2D eigenvalue weighted by Crippen LogP contribution is 2.21. The molecule has 1 saturated heterocycles. The number of ether oxygens (including phenoxy) is 1. The molecule has 2 aromatic carbocycles. The Balaban J connectivity index is 0.00000320. The van der Waals surface area contributed by atoms with Crippen molar-refractivity contribution in [2.75, 3.05) is 44.8 Å². The second kappa shape index (κ2) is 12.1.